The molecular formula is C16H12F2O2. The predicted octanol–water partition coefficient (Wildman–Crippen LogP) is 3.75. The molecule has 1 saturated carbocycles. The summed E-state index contributed by atoms with van der Waals surface area (Å²) in [7, 11) is 0. The van der Waals surface area contributed by atoms with Crippen molar-refractivity contribution < 1.29 is 18.7 Å². The molecule has 0 unspecified atom stereocenters. The zero-order valence-corrected chi connectivity index (χ0v) is 10.6. The van der Waals surface area contributed by atoms with Crippen LogP contribution in [0, 0.1) is 11.6 Å². The molecule has 0 atom stereocenters. The number of halogens is 2. The van der Waals surface area contributed by atoms with Gasteiger partial charge in [0.05, 0.1) is 5.41 Å². The highest BCUT2D eigenvalue weighted by molar-refractivity contribution is 5.85. The Morgan fingerprint density at radius 2 is 1.85 bits per heavy atom. The second-order valence-electron chi connectivity index (χ2n) is 5.09. The molecule has 1 aliphatic rings. The van der Waals surface area contributed by atoms with Crippen LogP contribution < -0.4 is 0 Å². The van der Waals surface area contributed by atoms with E-state index in [9.17, 15) is 18.7 Å². The number of hydrogen-bond donors (Lipinski definition) is 1. The van der Waals surface area contributed by atoms with Crippen molar-refractivity contribution in [2.45, 2.75) is 18.3 Å². The lowest BCUT2D eigenvalue weighted by Gasteiger charge is -2.12. The maximum Gasteiger partial charge on any atom is 0.314 e. The van der Waals surface area contributed by atoms with E-state index < -0.39 is 23.0 Å². The Morgan fingerprint density at radius 3 is 2.45 bits per heavy atom. The topological polar surface area (TPSA) is 37.3 Å². The first-order valence-electron chi connectivity index (χ1n) is 6.32. The lowest BCUT2D eigenvalue weighted by Crippen LogP contribution is -2.19. The van der Waals surface area contributed by atoms with E-state index in [0.29, 0.717) is 24.0 Å². The molecule has 2 aromatic carbocycles. The van der Waals surface area contributed by atoms with Crippen molar-refractivity contribution in [3.8, 4) is 11.1 Å². The number of rotatable bonds is 3. The van der Waals surface area contributed by atoms with Crippen LogP contribution in [-0.4, -0.2) is 11.1 Å². The van der Waals surface area contributed by atoms with Crippen LogP contribution in [0.15, 0.2) is 42.5 Å². The van der Waals surface area contributed by atoms with E-state index in [2.05, 4.69) is 0 Å². The number of carbonyl (C=O) groups is 1. The number of hydrogen-bond acceptors (Lipinski definition) is 1. The third-order valence-electron chi connectivity index (χ3n) is 3.82. The maximum atomic E-state index is 13.8. The molecule has 1 N–H and O–H groups in total. The molecule has 3 rings (SSSR count). The molecule has 4 heteroatoms. The summed E-state index contributed by atoms with van der Waals surface area (Å²) in [5, 5.41) is 9.29. The van der Waals surface area contributed by atoms with Crippen LogP contribution in [-0.2, 0) is 10.2 Å². The van der Waals surface area contributed by atoms with Crippen LogP contribution in [0.1, 0.15) is 18.4 Å². The number of benzene rings is 2. The fourth-order valence-electron chi connectivity index (χ4n) is 2.46. The first kappa shape index (κ1) is 12.8. The third kappa shape index (κ3) is 1.97. The van der Waals surface area contributed by atoms with Gasteiger partial charge in [-0.05, 0) is 42.2 Å². The molecule has 0 heterocycles. The fourth-order valence-corrected chi connectivity index (χ4v) is 2.46. The van der Waals surface area contributed by atoms with Crippen molar-refractivity contribution in [1.82, 2.24) is 0 Å². The molecule has 0 aliphatic heterocycles. The van der Waals surface area contributed by atoms with Gasteiger partial charge in [0, 0.05) is 11.6 Å². The van der Waals surface area contributed by atoms with Gasteiger partial charge in [-0.2, -0.15) is 0 Å². The summed E-state index contributed by atoms with van der Waals surface area (Å²) >= 11 is 0. The smallest absolute Gasteiger partial charge is 0.314 e. The Morgan fingerprint density at radius 1 is 1.10 bits per heavy atom. The van der Waals surface area contributed by atoms with Gasteiger partial charge in [-0.25, -0.2) is 8.78 Å². The van der Waals surface area contributed by atoms with E-state index in [1.54, 1.807) is 24.3 Å². The van der Waals surface area contributed by atoms with Crippen LogP contribution in [0.25, 0.3) is 11.1 Å². The SMILES string of the molecule is O=C(O)C1(c2cccc(-c3ccc(F)cc3F)c2)CC1. The lowest BCUT2D eigenvalue weighted by molar-refractivity contribution is -0.140. The molecule has 102 valence electrons. The van der Waals surface area contributed by atoms with Crippen molar-refractivity contribution in [1.29, 1.82) is 0 Å². The molecule has 0 aromatic heterocycles. The quantitative estimate of drug-likeness (QED) is 0.925. The second-order valence-corrected chi connectivity index (χ2v) is 5.09. The van der Waals surface area contributed by atoms with E-state index in [1.807, 2.05) is 0 Å². The van der Waals surface area contributed by atoms with Gasteiger partial charge in [0.2, 0.25) is 0 Å². The van der Waals surface area contributed by atoms with E-state index in [0.717, 1.165) is 6.07 Å². The molecule has 0 saturated heterocycles. The van der Waals surface area contributed by atoms with Crippen molar-refractivity contribution >= 4 is 5.97 Å². The van der Waals surface area contributed by atoms with Gasteiger partial charge in [-0.15, -0.1) is 0 Å². The summed E-state index contributed by atoms with van der Waals surface area (Å²) < 4.78 is 26.7. The average Bonchev–Trinajstić information content (AvgIpc) is 3.20. The van der Waals surface area contributed by atoms with E-state index >= 15 is 0 Å². The standard InChI is InChI=1S/C16H12F2O2/c17-12-4-5-13(14(18)9-12)10-2-1-3-11(8-10)16(6-7-16)15(19)20/h1-5,8-9H,6-7H2,(H,19,20). The van der Waals surface area contributed by atoms with Crippen molar-refractivity contribution in [2.24, 2.45) is 0 Å². The number of aliphatic carboxylic acids is 1. The largest absolute Gasteiger partial charge is 0.481 e. The van der Waals surface area contributed by atoms with Crippen LogP contribution in [0.5, 0.6) is 0 Å². The maximum absolute atomic E-state index is 13.8. The van der Waals surface area contributed by atoms with Gasteiger partial charge in [-0.1, -0.05) is 18.2 Å². The van der Waals surface area contributed by atoms with Crippen molar-refractivity contribution in [2.75, 3.05) is 0 Å². The van der Waals surface area contributed by atoms with E-state index in [-0.39, 0.29) is 5.56 Å². The molecule has 20 heavy (non-hydrogen) atoms. The normalized spacial score (nSPS) is 15.9. The highest BCUT2D eigenvalue weighted by Crippen LogP contribution is 2.49. The molecule has 0 radical (unpaired) electrons. The summed E-state index contributed by atoms with van der Waals surface area (Å²) in [6.07, 6.45) is 1.19. The first-order chi connectivity index (χ1) is 9.53. The van der Waals surface area contributed by atoms with Gasteiger partial charge in [0.15, 0.2) is 0 Å². The van der Waals surface area contributed by atoms with Crippen LogP contribution in [0.4, 0.5) is 8.78 Å². The van der Waals surface area contributed by atoms with Gasteiger partial charge >= 0.3 is 5.97 Å². The summed E-state index contributed by atoms with van der Waals surface area (Å²) in [5.74, 6) is -2.14. The van der Waals surface area contributed by atoms with E-state index in [1.165, 1.54) is 12.1 Å². The minimum atomic E-state index is -0.853. The monoisotopic (exact) mass is 274 g/mol. The summed E-state index contributed by atoms with van der Waals surface area (Å²) in [6, 6.07) is 10.2. The van der Waals surface area contributed by atoms with E-state index in [4.69, 9.17) is 0 Å². The Balaban J connectivity index is 2.06. The van der Waals surface area contributed by atoms with Gasteiger partial charge in [0.1, 0.15) is 11.6 Å². The predicted molar refractivity (Wildman–Crippen MR) is 70.3 cm³/mol. The van der Waals surface area contributed by atoms with Crippen LogP contribution >= 0.6 is 0 Å². The minimum absolute atomic E-state index is 0.273. The van der Waals surface area contributed by atoms with Gasteiger partial charge in [0.25, 0.3) is 0 Å². The average molecular weight is 274 g/mol. The third-order valence-corrected chi connectivity index (χ3v) is 3.82. The molecule has 2 aromatic rings. The number of carboxylic acid groups (broad SMARTS) is 1. The zero-order chi connectivity index (χ0) is 14.3. The van der Waals surface area contributed by atoms with Crippen molar-refractivity contribution in [3.05, 3.63) is 59.7 Å². The molecular weight excluding hydrogens is 262 g/mol. The molecule has 0 spiro atoms. The number of carboxylic acids is 1. The zero-order valence-electron chi connectivity index (χ0n) is 10.6. The summed E-state index contributed by atoms with van der Waals surface area (Å²) in [6.45, 7) is 0. The Hall–Kier alpha value is -2.23. The minimum Gasteiger partial charge on any atom is -0.481 e. The van der Waals surface area contributed by atoms with Crippen LogP contribution in [0.3, 0.4) is 0 Å². The molecule has 1 fully saturated rings. The second kappa shape index (κ2) is 4.40. The van der Waals surface area contributed by atoms with Crippen molar-refractivity contribution in [3.63, 3.8) is 0 Å². The Labute approximate surface area is 114 Å². The van der Waals surface area contributed by atoms with Gasteiger partial charge < -0.3 is 5.11 Å². The fraction of sp³-hybridized carbons (Fsp3) is 0.188. The highest BCUT2D eigenvalue weighted by atomic mass is 19.1. The summed E-state index contributed by atoms with van der Waals surface area (Å²) in [5.41, 5.74) is 0.681. The molecule has 1 aliphatic carbocycles. The van der Waals surface area contributed by atoms with Gasteiger partial charge in [-0.3, -0.25) is 4.79 Å². The molecule has 0 bridgehead atoms. The summed E-state index contributed by atoms with van der Waals surface area (Å²) in [4.78, 5) is 11.3. The molecule has 0 amide bonds. The van der Waals surface area contributed by atoms with Crippen LogP contribution in [0.2, 0.25) is 0 Å². The first-order valence-corrected chi connectivity index (χ1v) is 6.32. The highest BCUT2D eigenvalue weighted by Gasteiger charge is 2.51. The lowest BCUT2D eigenvalue weighted by atomic mass is 9.92. The Kier molecular flexibility index (Phi) is 2.82. The molecule has 2 nitrogen and oxygen atoms in total. The Bertz CT molecular complexity index is 691.